The zero-order valence-electron chi connectivity index (χ0n) is 20.1. The van der Waals surface area contributed by atoms with Gasteiger partial charge >= 0.3 is 5.97 Å². The van der Waals surface area contributed by atoms with Crippen molar-refractivity contribution in [3.63, 3.8) is 0 Å². The molecule has 2 unspecified atom stereocenters. The number of para-hydroxylation sites is 1. The van der Waals surface area contributed by atoms with Gasteiger partial charge in [-0.2, -0.15) is 0 Å². The number of fused-ring (bicyclic) bond motifs is 2. The summed E-state index contributed by atoms with van der Waals surface area (Å²) in [7, 11) is 0. The van der Waals surface area contributed by atoms with Crippen LogP contribution in [-0.4, -0.2) is 29.5 Å². The number of amides is 1. The molecule has 1 aliphatic rings. The third kappa shape index (κ3) is 5.36. The number of nitrogens with one attached hydrogen (secondary N) is 1. The number of nitrogens with zero attached hydrogens (tertiary/aromatic N) is 1. The SMILES string of the molecule is CCCC(C)NC(=O)COC(=O)c1c2c(nc3ccccc13)C(=Cc1ccccc1)CC(C)C2. The highest BCUT2D eigenvalue weighted by Gasteiger charge is 2.29. The second-order valence-electron chi connectivity index (χ2n) is 9.26. The molecule has 1 aromatic heterocycles. The molecule has 176 valence electrons. The number of carbonyl (C=O) groups is 2. The number of esters is 1. The fraction of sp³-hybridized carbons (Fsp3) is 0.345. The van der Waals surface area contributed by atoms with Gasteiger partial charge in [-0.3, -0.25) is 4.79 Å². The van der Waals surface area contributed by atoms with Gasteiger partial charge in [0.05, 0.1) is 16.8 Å². The highest BCUT2D eigenvalue weighted by molar-refractivity contribution is 6.07. The first-order chi connectivity index (χ1) is 16.5. The van der Waals surface area contributed by atoms with Crippen LogP contribution in [0.4, 0.5) is 0 Å². The predicted molar refractivity (Wildman–Crippen MR) is 136 cm³/mol. The molecule has 5 nitrogen and oxygen atoms in total. The Labute approximate surface area is 201 Å². The molecule has 0 aliphatic heterocycles. The van der Waals surface area contributed by atoms with Crippen molar-refractivity contribution in [1.29, 1.82) is 0 Å². The zero-order valence-corrected chi connectivity index (χ0v) is 20.1. The Hall–Kier alpha value is -3.47. The predicted octanol–water partition coefficient (Wildman–Crippen LogP) is 5.82. The van der Waals surface area contributed by atoms with E-state index in [1.54, 1.807) is 0 Å². The molecule has 1 heterocycles. The molecule has 5 heteroatoms. The minimum Gasteiger partial charge on any atom is -0.452 e. The lowest BCUT2D eigenvalue weighted by Crippen LogP contribution is -2.35. The molecule has 0 spiro atoms. The minimum atomic E-state index is -0.471. The Morgan fingerprint density at radius 3 is 2.62 bits per heavy atom. The number of hydrogen-bond donors (Lipinski definition) is 1. The first-order valence-corrected chi connectivity index (χ1v) is 12.1. The number of allylic oxidation sites excluding steroid dienone is 1. The Balaban J connectivity index is 1.71. The molecule has 3 aromatic rings. The standard InChI is InChI=1S/C29H32N2O3/c1-4-10-20(3)30-26(32)18-34-29(33)27-23-13-8-9-14-25(23)31-28-22(15-19(2)16-24(27)28)17-21-11-6-5-7-12-21/h5-9,11-14,17,19-20H,4,10,15-16,18H2,1-3H3,(H,30,32). The van der Waals surface area contributed by atoms with Crippen molar-refractivity contribution in [2.45, 2.75) is 52.5 Å². The van der Waals surface area contributed by atoms with E-state index in [-0.39, 0.29) is 18.6 Å². The molecule has 0 radical (unpaired) electrons. The van der Waals surface area contributed by atoms with Crippen molar-refractivity contribution in [1.82, 2.24) is 10.3 Å². The molecular weight excluding hydrogens is 424 g/mol. The van der Waals surface area contributed by atoms with E-state index in [1.807, 2.05) is 49.4 Å². The number of rotatable bonds is 7. The third-order valence-electron chi connectivity index (χ3n) is 6.23. The second kappa shape index (κ2) is 10.6. The maximum absolute atomic E-state index is 13.4. The Morgan fingerprint density at radius 2 is 1.85 bits per heavy atom. The summed E-state index contributed by atoms with van der Waals surface area (Å²) < 4.78 is 5.53. The maximum Gasteiger partial charge on any atom is 0.339 e. The van der Waals surface area contributed by atoms with Crippen LogP contribution in [0.15, 0.2) is 54.6 Å². The quantitative estimate of drug-likeness (QED) is 0.455. The second-order valence-corrected chi connectivity index (χ2v) is 9.26. The summed E-state index contributed by atoms with van der Waals surface area (Å²) in [5.41, 5.74) is 5.27. The number of hydrogen-bond acceptors (Lipinski definition) is 4. The summed E-state index contributed by atoms with van der Waals surface area (Å²) in [6.07, 6.45) is 5.65. The molecule has 0 saturated heterocycles. The van der Waals surface area contributed by atoms with Crippen LogP contribution >= 0.6 is 0 Å². The van der Waals surface area contributed by atoms with E-state index in [0.29, 0.717) is 11.5 Å². The smallest absolute Gasteiger partial charge is 0.339 e. The summed E-state index contributed by atoms with van der Waals surface area (Å²) in [5, 5.41) is 3.65. The fourth-order valence-corrected chi connectivity index (χ4v) is 4.74. The summed E-state index contributed by atoms with van der Waals surface area (Å²) in [6.45, 7) is 5.93. The largest absolute Gasteiger partial charge is 0.452 e. The molecule has 34 heavy (non-hydrogen) atoms. The van der Waals surface area contributed by atoms with Gasteiger partial charge in [-0.15, -0.1) is 0 Å². The molecule has 4 rings (SSSR count). The minimum absolute atomic E-state index is 0.0530. The summed E-state index contributed by atoms with van der Waals surface area (Å²) in [6, 6.07) is 17.9. The van der Waals surface area contributed by atoms with Gasteiger partial charge in [-0.25, -0.2) is 9.78 Å². The lowest BCUT2D eigenvalue weighted by atomic mass is 9.80. The highest BCUT2D eigenvalue weighted by atomic mass is 16.5. The summed E-state index contributed by atoms with van der Waals surface area (Å²) in [5.74, 6) is -0.393. The maximum atomic E-state index is 13.4. The van der Waals surface area contributed by atoms with Crippen LogP contribution in [0, 0.1) is 5.92 Å². The average Bonchev–Trinajstić information content (AvgIpc) is 2.82. The highest BCUT2D eigenvalue weighted by Crippen LogP contribution is 2.38. The van der Waals surface area contributed by atoms with E-state index in [9.17, 15) is 9.59 Å². The monoisotopic (exact) mass is 456 g/mol. The van der Waals surface area contributed by atoms with Crippen molar-refractivity contribution < 1.29 is 14.3 Å². The van der Waals surface area contributed by atoms with E-state index in [4.69, 9.17) is 9.72 Å². The molecule has 1 aliphatic carbocycles. The first kappa shape index (κ1) is 23.7. The van der Waals surface area contributed by atoms with Crippen molar-refractivity contribution in [3.05, 3.63) is 77.0 Å². The van der Waals surface area contributed by atoms with Gasteiger partial charge in [-0.05, 0) is 60.9 Å². The van der Waals surface area contributed by atoms with Crippen LogP contribution in [-0.2, 0) is 16.0 Å². The van der Waals surface area contributed by atoms with Crippen molar-refractivity contribution in [3.8, 4) is 0 Å². The molecular formula is C29H32N2O3. The number of ether oxygens (including phenoxy) is 1. The first-order valence-electron chi connectivity index (χ1n) is 12.1. The van der Waals surface area contributed by atoms with E-state index in [2.05, 4.69) is 37.4 Å². The van der Waals surface area contributed by atoms with Gasteiger partial charge in [0.1, 0.15) is 0 Å². The van der Waals surface area contributed by atoms with E-state index in [1.165, 1.54) is 0 Å². The number of benzene rings is 2. The zero-order chi connectivity index (χ0) is 24.1. The third-order valence-corrected chi connectivity index (χ3v) is 6.23. The van der Waals surface area contributed by atoms with Crippen LogP contribution in [0.1, 0.15) is 67.2 Å². The topological polar surface area (TPSA) is 68.3 Å². The van der Waals surface area contributed by atoms with Gasteiger partial charge in [-0.1, -0.05) is 68.8 Å². The summed E-state index contributed by atoms with van der Waals surface area (Å²) >= 11 is 0. The number of carbonyl (C=O) groups excluding carboxylic acids is 2. The van der Waals surface area contributed by atoms with Crippen LogP contribution in [0.5, 0.6) is 0 Å². The van der Waals surface area contributed by atoms with Gasteiger partial charge in [0.25, 0.3) is 5.91 Å². The fourth-order valence-electron chi connectivity index (χ4n) is 4.74. The van der Waals surface area contributed by atoms with Crippen molar-refractivity contribution in [2.24, 2.45) is 5.92 Å². The Bertz CT molecular complexity index is 1220. The molecule has 1 N–H and O–H groups in total. The van der Waals surface area contributed by atoms with Crippen LogP contribution < -0.4 is 5.32 Å². The average molecular weight is 457 g/mol. The molecule has 2 aromatic carbocycles. The van der Waals surface area contributed by atoms with Crippen molar-refractivity contribution >= 4 is 34.4 Å². The number of aromatic nitrogens is 1. The number of pyridine rings is 1. The van der Waals surface area contributed by atoms with Gasteiger partial charge in [0, 0.05) is 11.4 Å². The van der Waals surface area contributed by atoms with E-state index >= 15 is 0 Å². The van der Waals surface area contributed by atoms with Crippen LogP contribution in [0.25, 0.3) is 22.6 Å². The molecule has 0 bridgehead atoms. The lowest BCUT2D eigenvalue weighted by Gasteiger charge is -2.26. The van der Waals surface area contributed by atoms with E-state index < -0.39 is 5.97 Å². The molecule has 0 fully saturated rings. The molecule has 1 amide bonds. The molecule has 0 saturated carbocycles. The van der Waals surface area contributed by atoms with Gasteiger partial charge < -0.3 is 10.1 Å². The Morgan fingerprint density at radius 1 is 1.12 bits per heavy atom. The van der Waals surface area contributed by atoms with Crippen LogP contribution in [0.2, 0.25) is 0 Å². The Kier molecular flexibility index (Phi) is 7.41. The van der Waals surface area contributed by atoms with Crippen LogP contribution in [0.3, 0.4) is 0 Å². The van der Waals surface area contributed by atoms with Crippen molar-refractivity contribution in [2.75, 3.05) is 6.61 Å². The molecule has 2 atom stereocenters. The van der Waals surface area contributed by atoms with Gasteiger partial charge in [0.15, 0.2) is 6.61 Å². The van der Waals surface area contributed by atoms with E-state index in [0.717, 1.165) is 59.0 Å². The summed E-state index contributed by atoms with van der Waals surface area (Å²) in [4.78, 5) is 30.7. The normalized spacial score (nSPS) is 17.3. The van der Waals surface area contributed by atoms with Gasteiger partial charge in [0.2, 0.25) is 0 Å². The lowest BCUT2D eigenvalue weighted by molar-refractivity contribution is -0.124.